The molecule has 0 aliphatic heterocycles. The second-order valence-electron chi connectivity index (χ2n) is 8.37. The summed E-state index contributed by atoms with van der Waals surface area (Å²) in [5.41, 5.74) is 2.91. The SMILES string of the molecule is CCOC(=O)CCCN(CC)c1ccc(N=Nc2cc(OC)c(N=Nc3ccc([N+](=O)[O-])cc3)cc2OC)cc1. The maximum absolute atomic E-state index is 11.6. The van der Waals surface area contributed by atoms with E-state index in [1.807, 2.05) is 24.3 Å². The van der Waals surface area contributed by atoms with E-state index >= 15 is 0 Å². The van der Waals surface area contributed by atoms with Gasteiger partial charge in [0.25, 0.3) is 5.69 Å². The Morgan fingerprint density at radius 1 is 0.850 bits per heavy atom. The number of azo groups is 2. The van der Waals surface area contributed by atoms with Gasteiger partial charge in [-0.15, -0.1) is 10.2 Å². The van der Waals surface area contributed by atoms with Crippen molar-refractivity contribution >= 4 is 40.1 Å². The average Bonchev–Trinajstić information content (AvgIpc) is 2.97. The summed E-state index contributed by atoms with van der Waals surface area (Å²) < 4.78 is 15.9. The van der Waals surface area contributed by atoms with E-state index in [2.05, 4.69) is 32.3 Å². The van der Waals surface area contributed by atoms with Crippen LogP contribution in [0.3, 0.4) is 0 Å². The average molecular weight is 549 g/mol. The summed E-state index contributed by atoms with van der Waals surface area (Å²) in [4.78, 5) is 24.1. The maximum atomic E-state index is 11.6. The topological polar surface area (TPSA) is 141 Å². The highest BCUT2D eigenvalue weighted by atomic mass is 16.6. The first-order chi connectivity index (χ1) is 19.4. The van der Waals surface area contributed by atoms with E-state index in [-0.39, 0.29) is 11.7 Å². The molecule has 3 rings (SSSR count). The number of esters is 1. The van der Waals surface area contributed by atoms with E-state index in [4.69, 9.17) is 14.2 Å². The van der Waals surface area contributed by atoms with E-state index in [1.165, 1.54) is 38.5 Å². The fourth-order valence-electron chi connectivity index (χ4n) is 3.73. The quantitative estimate of drug-likeness (QED) is 0.0873. The van der Waals surface area contributed by atoms with Crippen molar-refractivity contribution < 1.29 is 23.9 Å². The van der Waals surface area contributed by atoms with Crippen molar-refractivity contribution in [2.45, 2.75) is 26.7 Å². The van der Waals surface area contributed by atoms with E-state index in [9.17, 15) is 14.9 Å². The molecule has 0 bridgehead atoms. The number of anilines is 1. The fraction of sp³-hybridized carbons (Fsp3) is 0.321. The van der Waals surface area contributed by atoms with Crippen LogP contribution in [0.1, 0.15) is 26.7 Å². The third-order valence-electron chi connectivity index (χ3n) is 5.80. The lowest BCUT2D eigenvalue weighted by Gasteiger charge is -2.23. The van der Waals surface area contributed by atoms with Crippen molar-refractivity contribution in [3.05, 3.63) is 70.8 Å². The van der Waals surface area contributed by atoms with Crippen molar-refractivity contribution in [3.63, 3.8) is 0 Å². The number of nitro benzene ring substituents is 1. The Labute approximate surface area is 232 Å². The van der Waals surface area contributed by atoms with Crippen LogP contribution in [0, 0.1) is 10.1 Å². The zero-order chi connectivity index (χ0) is 28.9. The van der Waals surface area contributed by atoms with E-state index in [0.717, 1.165) is 18.8 Å². The summed E-state index contributed by atoms with van der Waals surface area (Å²) in [6, 6.07) is 16.6. The monoisotopic (exact) mass is 548 g/mol. The molecular formula is C28H32N6O6. The van der Waals surface area contributed by atoms with Gasteiger partial charge in [-0.1, -0.05) is 0 Å². The Hall–Kier alpha value is -4.87. The molecule has 0 aliphatic rings. The molecule has 0 saturated heterocycles. The number of methoxy groups -OCH3 is 2. The van der Waals surface area contributed by atoms with Gasteiger partial charge in [-0.2, -0.15) is 10.2 Å². The highest BCUT2D eigenvalue weighted by molar-refractivity contribution is 5.69. The minimum absolute atomic E-state index is 0.0312. The van der Waals surface area contributed by atoms with Gasteiger partial charge in [-0.3, -0.25) is 14.9 Å². The second-order valence-corrected chi connectivity index (χ2v) is 8.37. The van der Waals surface area contributed by atoms with Gasteiger partial charge in [0.15, 0.2) is 0 Å². The molecule has 0 heterocycles. The molecule has 12 heteroatoms. The molecular weight excluding hydrogens is 516 g/mol. The van der Waals surface area contributed by atoms with E-state index in [1.54, 1.807) is 19.1 Å². The molecule has 0 fully saturated rings. The van der Waals surface area contributed by atoms with Gasteiger partial charge >= 0.3 is 5.97 Å². The Morgan fingerprint density at radius 2 is 1.38 bits per heavy atom. The lowest BCUT2D eigenvalue weighted by Crippen LogP contribution is -2.24. The van der Waals surface area contributed by atoms with Crippen LogP contribution in [0.4, 0.5) is 34.1 Å². The van der Waals surface area contributed by atoms with Gasteiger partial charge in [0.05, 0.1) is 37.1 Å². The number of nitro groups is 1. The van der Waals surface area contributed by atoms with Gasteiger partial charge < -0.3 is 19.1 Å². The molecule has 0 aromatic heterocycles. The predicted octanol–water partition coefficient (Wildman–Crippen LogP) is 7.61. The van der Waals surface area contributed by atoms with E-state index < -0.39 is 4.92 Å². The minimum atomic E-state index is -0.479. The summed E-state index contributed by atoms with van der Waals surface area (Å²) in [7, 11) is 3.01. The van der Waals surface area contributed by atoms with Crippen molar-refractivity contribution in [1.82, 2.24) is 0 Å². The number of ether oxygens (including phenoxy) is 3. The molecule has 3 aromatic carbocycles. The Morgan fingerprint density at radius 3 is 1.82 bits per heavy atom. The number of carbonyl (C=O) groups is 1. The first-order valence-electron chi connectivity index (χ1n) is 12.7. The largest absolute Gasteiger partial charge is 0.494 e. The summed E-state index contributed by atoms with van der Waals surface area (Å²) >= 11 is 0. The summed E-state index contributed by atoms with van der Waals surface area (Å²) in [5.74, 6) is 0.636. The number of carbonyl (C=O) groups excluding carboxylic acids is 1. The number of hydrogen-bond donors (Lipinski definition) is 0. The van der Waals surface area contributed by atoms with Crippen LogP contribution in [0.5, 0.6) is 11.5 Å². The van der Waals surface area contributed by atoms with Crippen molar-refractivity contribution in [2.24, 2.45) is 20.5 Å². The maximum Gasteiger partial charge on any atom is 0.305 e. The normalized spacial score (nSPS) is 11.1. The molecule has 0 aliphatic carbocycles. The second kappa shape index (κ2) is 14.9. The van der Waals surface area contributed by atoms with Gasteiger partial charge in [0.1, 0.15) is 22.9 Å². The first-order valence-corrected chi connectivity index (χ1v) is 12.7. The van der Waals surface area contributed by atoms with Crippen LogP contribution in [-0.4, -0.2) is 44.8 Å². The lowest BCUT2D eigenvalue weighted by molar-refractivity contribution is -0.384. The molecule has 0 atom stereocenters. The number of nitrogens with zero attached hydrogens (tertiary/aromatic N) is 6. The zero-order valence-electron chi connectivity index (χ0n) is 22.9. The van der Waals surface area contributed by atoms with Crippen LogP contribution in [0.25, 0.3) is 0 Å². The van der Waals surface area contributed by atoms with Crippen molar-refractivity contribution in [3.8, 4) is 11.5 Å². The zero-order valence-corrected chi connectivity index (χ0v) is 22.9. The highest BCUT2D eigenvalue weighted by Crippen LogP contribution is 2.41. The summed E-state index contributed by atoms with van der Waals surface area (Å²) in [6.07, 6.45) is 1.10. The molecule has 3 aromatic rings. The third kappa shape index (κ3) is 8.32. The molecule has 0 unspecified atom stereocenters. The number of hydrogen-bond acceptors (Lipinski definition) is 11. The lowest BCUT2D eigenvalue weighted by atomic mass is 10.2. The van der Waals surface area contributed by atoms with Gasteiger partial charge in [0.2, 0.25) is 0 Å². The molecule has 0 saturated carbocycles. The summed E-state index contributed by atoms with van der Waals surface area (Å²) in [5, 5.41) is 27.9. The predicted molar refractivity (Wildman–Crippen MR) is 151 cm³/mol. The third-order valence-corrected chi connectivity index (χ3v) is 5.80. The van der Waals surface area contributed by atoms with Crippen LogP contribution in [0.15, 0.2) is 81.1 Å². The minimum Gasteiger partial charge on any atom is -0.494 e. The highest BCUT2D eigenvalue weighted by Gasteiger charge is 2.12. The molecule has 0 radical (unpaired) electrons. The standard InChI is InChI=1S/C28H32N6O6/c1-5-33(17-7-8-28(35)40-6-2)22-13-9-20(10-14-22)29-31-24-18-27(39-4)25(19-26(24)38-3)32-30-21-11-15-23(16-12-21)34(36)37/h9-16,18-19H,5-8,17H2,1-4H3. The van der Waals surface area contributed by atoms with Crippen LogP contribution < -0.4 is 14.4 Å². The number of non-ortho nitro benzene ring substituents is 1. The molecule has 40 heavy (non-hydrogen) atoms. The Kier molecular flexibility index (Phi) is 11.1. The summed E-state index contributed by atoms with van der Waals surface area (Å²) in [6.45, 7) is 5.79. The Bertz CT molecular complexity index is 1340. The fourth-order valence-corrected chi connectivity index (χ4v) is 3.73. The van der Waals surface area contributed by atoms with Crippen molar-refractivity contribution in [1.29, 1.82) is 0 Å². The Balaban J connectivity index is 1.72. The molecule has 210 valence electrons. The van der Waals surface area contributed by atoms with Crippen LogP contribution in [-0.2, 0) is 9.53 Å². The number of rotatable bonds is 14. The van der Waals surface area contributed by atoms with Crippen LogP contribution >= 0.6 is 0 Å². The molecule has 0 amide bonds. The van der Waals surface area contributed by atoms with E-state index in [0.29, 0.717) is 53.7 Å². The van der Waals surface area contributed by atoms with Gasteiger partial charge in [-0.25, -0.2) is 0 Å². The van der Waals surface area contributed by atoms with Crippen LogP contribution in [0.2, 0.25) is 0 Å². The molecule has 12 nitrogen and oxygen atoms in total. The molecule has 0 spiro atoms. The van der Waals surface area contributed by atoms with Gasteiger partial charge in [-0.05, 0) is 56.7 Å². The molecule has 0 N–H and O–H groups in total. The first kappa shape index (κ1) is 29.7. The van der Waals surface area contributed by atoms with Crippen molar-refractivity contribution in [2.75, 3.05) is 38.8 Å². The smallest absolute Gasteiger partial charge is 0.305 e. The van der Waals surface area contributed by atoms with Gasteiger partial charge in [0, 0.05) is 49.5 Å². The number of benzene rings is 3.